The van der Waals surface area contributed by atoms with Crippen LogP contribution in [0.4, 0.5) is 0 Å². The fraction of sp³-hybridized carbons (Fsp3) is 1.00. The Morgan fingerprint density at radius 2 is 1.75 bits per heavy atom. The summed E-state index contributed by atoms with van der Waals surface area (Å²) in [6.07, 6.45) is 6.85. The predicted molar refractivity (Wildman–Crippen MR) is 48.2 cm³/mol. The number of rotatable bonds is 8. The lowest BCUT2D eigenvalue weighted by Crippen LogP contribution is -1.97. The van der Waals surface area contributed by atoms with E-state index < -0.39 is 11.4 Å². The normalized spacial score (nSPS) is 13.2. The molecule has 0 fully saturated rings. The zero-order valence-electron chi connectivity index (χ0n) is 7.58. The van der Waals surface area contributed by atoms with E-state index >= 15 is 0 Å². The third kappa shape index (κ3) is 10.1. The van der Waals surface area contributed by atoms with Gasteiger partial charge in [-0.25, -0.2) is 4.21 Å². The predicted octanol–water partition coefficient (Wildman–Crippen LogP) is 2.16. The molecule has 0 saturated carbocycles. The molecule has 0 rings (SSSR count). The van der Waals surface area contributed by atoms with Crippen LogP contribution in [-0.4, -0.2) is 15.4 Å². The number of unbranched alkanes of at least 4 members (excludes halogenated alkanes) is 5. The van der Waals surface area contributed by atoms with Crippen LogP contribution in [0.1, 0.15) is 45.4 Å². The molecule has 74 valence electrons. The van der Waals surface area contributed by atoms with E-state index in [0.717, 1.165) is 12.8 Å². The molecule has 0 amide bonds. The van der Waals surface area contributed by atoms with Gasteiger partial charge in [0.1, 0.15) is 0 Å². The summed E-state index contributed by atoms with van der Waals surface area (Å²) in [5, 5.41) is 0. The average molecular weight is 193 g/mol. The van der Waals surface area contributed by atoms with Crippen molar-refractivity contribution in [3.63, 3.8) is 0 Å². The maximum atomic E-state index is 9.91. The summed E-state index contributed by atoms with van der Waals surface area (Å²) < 4.78 is 24.2. The molecule has 4 heteroatoms. The van der Waals surface area contributed by atoms with Gasteiger partial charge in [0, 0.05) is 0 Å². The molecule has 0 N–H and O–H groups in total. The van der Waals surface area contributed by atoms with Crippen molar-refractivity contribution in [3.8, 4) is 0 Å². The highest BCUT2D eigenvalue weighted by Gasteiger charge is 1.90. The Kier molecular flexibility index (Phi) is 9.21. The van der Waals surface area contributed by atoms with Gasteiger partial charge in [-0.05, 0) is 6.42 Å². The van der Waals surface area contributed by atoms with Crippen molar-refractivity contribution < 1.29 is 12.9 Å². The third-order valence-electron chi connectivity index (χ3n) is 1.68. The van der Waals surface area contributed by atoms with Gasteiger partial charge in [0.05, 0.1) is 18.0 Å². The number of hydrogen-bond donors (Lipinski definition) is 0. The lowest BCUT2D eigenvalue weighted by atomic mass is 10.1. The Bertz CT molecular complexity index is 117. The van der Waals surface area contributed by atoms with E-state index in [2.05, 4.69) is 11.1 Å². The molecule has 1 atom stereocenters. The zero-order chi connectivity index (χ0) is 9.23. The molecular formula is C8H17O3S-. The van der Waals surface area contributed by atoms with E-state index in [-0.39, 0.29) is 0 Å². The molecule has 12 heavy (non-hydrogen) atoms. The van der Waals surface area contributed by atoms with Gasteiger partial charge in [-0.15, -0.1) is 0 Å². The van der Waals surface area contributed by atoms with Crippen LogP contribution in [0.3, 0.4) is 0 Å². The molecule has 1 unspecified atom stereocenters. The number of hydrogen-bond acceptors (Lipinski definition) is 3. The van der Waals surface area contributed by atoms with Crippen LogP contribution in [-0.2, 0) is 15.5 Å². The average Bonchev–Trinajstić information content (AvgIpc) is 2.02. The summed E-state index contributed by atoms with van der Waals surface area (Å²) in [5.41, 5.74) is 0. The smallest absolute Gasteiger partial charge is 0.0842 e. The Labute approximate surface area is 77.0 Å². The first-order valence-electron chi connectivity index (χ1n) is 4.50. The van der Waals surface area contributed by atoms with Gasteiger partial charge >= 0.3 is 0 Å². The van der Waals surface area contributed by atoms with Crippen LogP contribution in [0, 0.1) is 0 Å². The van der Waals surface area contributed by atoms with Gasteiger partial charge in [-0.2, -0.15) is 0 Å². The highest BCUT2D eigenvalue weighted by atomic mass is 32.2. The lowest BCUT2D eigenvalue weighted by molar-refractivity contribution is 0.291. The Hall–Kier alpha value is 0.0700. The molecule has 0 saturated heterocycles. The van der Waals surface area contributed by atoms with Gasteiger partial charge < -0.3 is 8.74 Å². The Balaban J connectivity index is 2.86. The summed E-state index contributed by atoms with van der Waals surface area (Å²) in [4.78, 5) is 0. The van der Waals surface area contributed by atoms with Crippen molar-refractivity contribution in [2.24, 2.45) is 0 Å². The minimum Gasteiger partial charge on any atom is -0.750 e. The second-order valence-corrected chi connectivity index (χ2v) is 3.44. The summed E-state index contributed by atoms with van der Waals surface area (Å²) in [6.45, 7) is 2.51. The summed E-state index contributed by atoms with van der Waals surface area (Å²) in [5.74, 6) is 0. The quantitative estimate of drug-likeness (QED) is 0.438. The standard InChI is InChI=1S/C8H18O3S/c1-2-3-4-5-6-7-8-11-12(9)10/h2-8H2,1H3,(H,9,10)/p-1. The lowest BCUT2D eigenvalue weighted by Gasteiger charge is -2.04. The van der Waals surface area contributed by atoms with Gasteiger partial charge in [0.15, 0.2) is 0 Å². The van der Waals surface area contributed by atoms with Crippen molar-refractivity contribution in [1.29, 1.82) is 0 Å². The first-order chi connectivity index (χ1) is 5.77. The van der Waals surface area contributed by atoms with Crippen molar-refractivity contribution in [1.82, 2.24) is 0 Å². The van der Waals surface area contributed by atoms with Crippen molar-refractivity contribution in [3.05, 3.63) is 0 Å². The molecule has 0 bridgehead atoms. The first-order valence-corrected chi connectivity index (χ1v) is 5.50. The van der Waals surface area contributed by atoms with Gasteiger partial charge in [0.25, 0.3) is 0 Å². The zero-order valence-corrected chi connectivity index (χ0v) is 8.40. The Morgan fingerprint density at radius 3 is 2.33 bits per heavy atom. The Morgan fingerprint density at radius 1 is 1.17 bits per heavy atom. The van der Waals surface area contributed by atoms with E-state index in [0.29, 0.717) is 6.61 Å². The second kappa shape index (κ2) is 9.16. The summed E-state index contributed by atoms with van der Waals surface area (Å²) in [7, 11) is 0. The molecule has 0 spiro atoms. The summed E-state index contributed by atoms with van der Waals surface area (Å²) in [6, 6.07) is 0. The molecule has 0 aliphatic rings. The molecular weight excluding hydrogens is 176 g/mol. The minimum absolute atomic E-state index is 0.336. The highest BCUT2D eigenvalue weighted by molar-refractivity contribution is 7.74. The van der Waals surface area contributed by atoms with E-state index in [1.54, 1.807) is 0 Å². The topological polar surface area (TPSA) is 49.4 Å². The molecule has 0 radical (unpaired) electrons. The van der Waals surface area contributed by atoms with Gasteiger partial charge in [-0.1, -0.05) is 39.0 Å². The molecule has 0 aromatic carbocycles. The van der Waals surface area contributed by atoms with E-state index in [1.165, 1.54) is 25.7 Å². The molecule has 0 aromatic rings. The first kappa shape index (κ1) is 12.1. The van der Waals surface area contributed by atoms with E-state index in [9.17, 15) is 8.76 Å². The van der Waals surface area contributed by atoms with Crippen LogP contribution in [0.15, 0.2) is 0 Å². The van der Waals surface area contributed by atoms with Crippen molar-refractivity contribution in [2.45, 2.75) is 45.4 Å². The molecule has 0 aliphatic carbocycles. The van der Waals surface area contributed by atoms with Gasteiger partial charge in [0.2, 0.25) is 0 Å². The van der Waals surface area contributed by atoms with Crippen molar-refractivity contribution in [2.75, 3.05) is 6.61 Å². The fourth-order valence-electron chi connectivity index (χ4n) is 1.01. The van der Waals surface area contributed by atoms with E-state index in [4.69, 9.17) is 0 Å². The highest BCUT2D eigenvalue weighted by Crippen LogP contribution is 2.04. The van der Waals surface area contributed by atoms with Crippen LogP contribution < -0.4 is 0 Å². The van der Waals surface area contributed by atoms with Crippen LogP contribution in [0.2, 0.25) is 0 Å². The fourth-order valence-corrected chi connectivity index (χ4v) is 1.26. The third-order valence-corrected chi connectivity index (χ3v) is 2.04. The monoisotopic (exact) mass is 193 g/mol. The second-order valence-electron chi connectivity index (χ2n) is 2.79. The SMILES string of the molecule is CCCCCCCCOS(=O)[O-]. The molecule has 0 aromatic heterocycles. The molecule has 0 aliphatic heterocycles. The maximum absolute atomic E-state index is 9.91. The summed E-state index contributed by atoms with van der Waals surface area (Å²) >= 11 is -2.32. The van der Waals surface area contributed by atoms with Gasteiger partial charge in [-0.3, -0.25) is 0 Å². The largest absolute Gasteiger partial charge is 0.750 e. The van der Waals surface area contributed by atoms with E-state index in [1.807, 2.05) is 0 Å². The minimum atomic E-state index is -2.32. The molecule has 0 heterocycles. The molecule has 3 nitrogen and oxygen atoms in total. The van der Waals surface area contributed by atoms with Crippen LogP contribution in [0.25, 0.3) is 0 Å². The van der Waals surface area contributed by atoms with Crippen LogP contribution >= 0.6 is 0 Å². The van der Waals surface area contributed by atoms with Crippen LogP contribution in [0.5, 0.6) is 0 Å². The maximum Gasteiger partial charge on any atom is 0.0842 e. The van der Waals surface area contributed by atoms with Crippen molar-refractivity contribution >= 4 is 11.4 Å².